The average molecular weight is 440 g/mol. The van der Waals surface area contributed by atoms with Crippen molar-refractivity contribution >= 4 is 40.2 Å². The molecule has 0 saturated heterocycles. The highest BCUT2D eigenvalue weighted by Gasteiger charge is 2.12. The zero-order valence-electron chi connectivity index (χ0n) is 18.4. The van der Waals surface area contributed by atoms with Crippen LogP contribution in [0.2, 0.25) is 0 Å². The first-order chi connectivity index (χ1) is 16.7. The van der Waals surface area contributed by atoms with Crippen LogP contribution in [0.5, 0.6) is 0 Å². The number of anilines is 1. The summed E-state index contributed by atoms with van der Waals surface area (Å²) >= 11 is 0. The maximum Gasteiger partial charge on any atom is 0.230 e. The molecule has 0 bridgehead atoms. The van der Waals surface area contributed by atoms with Gasteiger partial charge in [0.1, 0.15) is 5.69 Å². The lowest BCUT2D eigenvalue weighted by molar-refractivity contribution is -0.115. The Morgan fingerprint density at radius 2 is 1.76 bits per heavy atom. The van der Waals surface area contributed by atoms with Crippen molar-refractivity contribution in [2.75, 3.05) is 5.32 Å². The number of carbonyl (C=O) groups is 1. The third-order valence-corrected chi connectivity index (χ3v) is 5.39. The molecule has 1 aliphatic carbocycles. The molecule has 0 aliphatic heterocycles. The van der Waals surface area contributed by atoms with Crippen LogP contribution in [0.4, 0.5) is 5.82 Å². The van der Waals surface area contributed by atoms with Gasteiger partial charge < -0.3 is 5.32 Å². The van der Waals surface area contributed by atoms with Crippen LogP contribution in [0.15, 0.2) is 109 Å². The fraction of sp³-hybridized carbons (Fsp3) is 0.0333. The summed E-state index contributed by atoms with van der Waals surface area (Å²) in [6.45, 7) is 0. The van der Waals surface area contributed by atoms with E-state index in [0.29, 0.717) is 17.2 Å². The molecular weight excluding hydrogens is 418 g/mol. The number of nitrogens with one attached hydrogen (secondary N) is 1. The van der Waals surface area contributed by atoms with Gasteiger partial charge >= 0.3 is 0 Å². The second-order valence-corrected chi connectivity index (χ2v) is 7.85. The highest BCUT2D eigenvalue weighted by Crippen LogP contribution is 2.21. The van der Waals surface area contributed by atoms with Gasteiger partial charge in [0.2, 0.25) is 5.91 Å². The third-order valence-electron chi connectivity index (χ3n) is 5.39. The minimum atomic E-state index is -0.147. The molecule has 3 aromatic carbocycles. The Balaban J connectivity index is 1.42. The number of hydrogen-bond donors (Lipinski definition) is 1. The minimum Gasteiger partial charge on any atom is -0.309 e. The second kappa shape index (κ2) is 9.81. The van der Waals surface area contributed by atoms with Crippen LogP contribution in [0, 0.1) is 0 Å². The molecule has 5 rings (SSSR count). The largest absolute Gasteiger partial charge is 0.309 e. The van der Waals surface area contributed by atoms with Gasteiger partial charge in [0.25, 0.3) is 0 Å². The van der Waals surface area contributed by atoms with Crippen LogP contribution < -0.4 is 5.32 Å². The van der Waals surface area contributed by atoms with E-state index in [2.05, 4.69) is 27.8 Å². The number of hydrogen-bond acceptors (Lipinski definition) is 3. The van der Waals surface area contributed by atoms with Gasteiger partial charge in [-0.15, -0.1) is 0 Å². The van der Waals surface area contributed by atoms with Gasteiger partial charge in [0, 0.05) is 0 Å². The van der Waals surface area contributed by atoms with E-state index in [1.807, 2.05) is 91.0 Å². The van der Waals surface area contributed by atoms with Crippen molar-refractivity contribution in [1.82, 2.24) is 9.97 Å². The highest BCUT2D eigenvalue weighted by atomic mass is 16.1. The first kappa shape index (κ1) is 21.1. The number of carbonyl (C=O) groups excluding carboxylic acids is 1. The summed E-state index contributed by atoms with van der Waals surface area (Å²) in [6.07, 6.45) is 11.3. The van der Waals surface area contributed by atoms with E-state index in [-0.39, 0.29) is 12.3 Å². The van der Waals surface area contributed by atoms with Crippen molar-refractivity contribution in [3.05, 3.63) is 131 Å². The molecule has 0 atom stereocenters. The molecule has 4 heteroatoms. The first-order valence-corrected chi connectivity index (χ1v) is 11.0. The summed E-state index contributed by atoms with van der Waals surface area (Å²) in [7, 11) is 0. The van der Waals surface area contributed by atoms with Crippen LogP contribution in [0.1, 0.15) is 22.5 Å². The molecule has 34 heavy (non-hydrogen) atoms. The van der Waals surface area contributed by atoms with Crippen molar-refractivity contribution in [2.45, 2.75) is 6.42 Å². The van der Waals surface area contributed by atoms with Crippen molar-refractivity contribution < 1.29 is 4.79 Å². The number of rotatable bonds is 6. The topological polar surface area (TPSA) is 54.9 Å². The predicted octanol–water partition coefficient (Wildman–Crippen LogP) is 6.24. The molecule has 4 nitrogen and oxygen atoms in total. The standard InChI is InChI=1S/C30H21N3O/c34-29(20-23-15-17-24-11-7-8-14-26(24)19-23)33-30-27(18-16-22-9-3-1-4-10-22)32-28(21-31-30)25-12-5-2-6-13-25/h1-5,7-12,14-19,21H,20H2,(H,31,33,34)/b18-16+. The molecule has 1 aliphatic rings. The molecule has 0 unspecified atom stereocenters. The van der Waals surface area contributed by atoms with E-state index >= 15 is 0 Å². The lowest BCUT2D eigenvalue weighted by Crippen LogP contribution is -2.17. The molecule has 162 valence electrons. The van der Waals surface area contributed by atoms with E-state index in [1.165, 1.54) is 0 Å². The summed E-state index contributed by atoms with van der Waals surface area (Å²) in [6, 6.07) is 24.1. The zero-order chi connectivity index (χ0) is 23.2. The van der Waals surface area contributed by atoms with E-state index < -0.39 is 0 Å². The molecule has 4 aromatic rings. The number of nitrogens with zero attached hydrogens (tertiary/aromatic N) is 2. The van der Waals surface area contributed by atoms with Crippen LogP contribution in [-0.4, -0.2) is 15.9 Å². The summed E-state index contributed by atoms with van der Waals surface area (Å²) in [5.41, 5.74) is 10.00. The molecule has 1 aromatic heterocycles. The van der Waals surface area contributed by atoms with Gasteiger partial charge in [-0.05, 0) is 40.1 Å². The van der Waals surface area contributed by atoms with Gasteiger partial charge in [0.15, 0.2) is 5.82 Å². The Kier molecular flexibility index (Phi) is 6.09. The van der Waals surface area contributed by atoms with E-state index in [9.17, 15) is 4.79 Å². The summed E-state index contributed by atoms with van der Waals surface area (Å²) in [5, 5.41) is 5.20. The Labute approximate surface area is 198 Å². The molecule has 1 amide bonds. The molecular formula is C30H21N3O. The summed E-state index contributed by atoms with van der Waals surface area (Å²) in [4.78, 5) is 22.1. The lowest BCUT2D eigenvalue weighted by atomic mass is 10.0. The monoisotopic (exact) mass is 439 g/mol. The number of allylic oxidation sites excluding steroid dienone is 4. The fourth-order valence-corrected chi connectivity index (χ4v) is 3.70. The van der Waals surface area contributed by atoms with Crippen LogP contribution >= 0.6 is 0 Å². The fourth-order valence-electron chi connectivity index (χ4n) is 3.70. The number of benzene rings is 3. The number of amides is 1. The Morgan fingerprint density at radius 3 is 2.59 bits per heavy atom. The van der Waals surface area contributed by atoms with Crippen LogP contribution in [0.3, 0.4) is 0 Å². The smallest absolute Gasteiger partial charge is 0.230 e. The summed E-state index contributed by atoms with van der Waals surface area (Å²) < 4.78 is 0. The van der Waals surface area contributed by atoms with Crippen LogP contribution in [-0.2, 0) is 11.2 Å². The lowest BCUT2D eigenvalue weighted by Gasteiger charge is -2.10. The van der Waals surface area contributed by atoms with E-state index in [0.717, 1.165) is 27.5 Å². The Morgan fingerprint density at radius 1 is 0.941 bits per heavy atom. The molecule has 0 fully saturated rings. The Hall–Kier alpha value is -4.75. The van der Waals surface area contributed by atoms with Crippen molar-refractivity contribution in [2.24, 2.45) is 0 Å². The van der Waals surface area contributed by atoms with Crippen molar-refractivity contribution in [1.29, 1.82) is 0 Å². The maximum absolute atomic E-state index is 12.9. The second-order valence-electron chi connectivity index (χ2n) is 7.85. The summed E-state index contributed by atoms with van der Waals surface area (Å²) in [5.74, 6) is 0.271. The van der Waals surface area contributed by atoms with Gasteiger partial charge in [-0.2, -0.15) is 0 Å². The van der Waals surface area contributed by atoms with E-state index in [1.54, 1.807) is 12.3 Å². The van der Waals surface area contributed by atoms with Crippen LogP contribution in [0.25, 0.3) is 28.5 Å². The molecule has 0 saturated carbocycles. The number of aromatic nitrogens is 2. The van der Waals surface area contributed by atoms with Gasteiger partial charge in [0.05, 0.1) is 23.9 Å². The molecule has 1 heterocycles. The molecule has 0 radical (unpaired) electrons. The highest BCUT2D eigenvalue weighted by molar-refractivity contribution is 5.94. The molecule has 0 spiro atoms. The maximum atomic E-state index is 12.9. The Bertz CT molecular complexity index is 1530. The van der Waals surface area contributed by atoms with Gasteiger partial charge in [-0.3, -0.25) is 4.79 Å². The van der Waals surface area contributed by atoms with Crippen molar-refractivity contribution in [3.8, 4) is 0 Å². The predicted molar refractivity (Wildman–Crippen MR) is 138 cm³/mol. The quantitative estimate of drug-likeness (QED) is 0.362. The van der Waals surface area contributed by atoms with Gasteiger partial charge in [-0.25, -0.2) is 9.97 Å². The SMILES string of the molecule is O=C(Cc1ccc2ccccc2c1)Nc1ncc(C2=C=C=CC=C2)nc1/C=C/c1ccccc1. The van der Waals surface area contributed by atoms with Crippen molar-refractivity contribution in [3.63, 3.8) is 0 Å². The third kappa shape index (κ3) is 5.01. The zero-order valence-corrected chi connectivity index (χ0v) is 18.4. The minimum absolute atomic E-state index is 0.147. The van der Waals surface area contributed by atoms with Gasteiger partial charge in [-0.1, -0.05) is 96.4 Å². The first-order valence-electron chi connectivity index (χ1n) is 11.0. The number of fused-ring (bicyclic) bond motifs is 1. The normalized spacial score (nSPS) is 12.3. The molecule has 1 N–H and O–H groups in total. The van der Waals surface area contributed by atoms with E-state index in [4.69, 9.17) is 4.98 Å². The average Bonchev–Trinajstić information content (AvgIpc) is 2.89.